The molecule has 1 aliphatic carbocycles. The molecule has 7 rings (SSSR count). The van der Waals surface area contributed by atoms with E-state index in [4.69, 9.17) is 13.9 Å². The van der Waals surface area contributed by atoms with Gasteiger partial charge in [0.2, 0.25) is 11.3 Å². The van der Waals surface area contributed by atoms with Crippen molar-refractivity contribution in [1.29, 1.82) is 0 Å². The Kier molecular flexibility index (Phi) is 17.1. The number of methoxy groups -OCH3 is 1. The van der Waals surface area contributed by atoms with Crippen LogP contribution < -0.4 is 40.8 Å². The molecule has 3 aromatic rings. The second-order valence-electron chi connectivity index (χ2n) is 17.3. The summed E-state index contributed by atoms with van der Waals surface area (Å²) < 4.78 is 19.7. The molecule has 13 heteroatoms. The average molecular weight is 892 g/mol. The molecular weight excluding hydrogens is 825 g/mol. The lowest BCUT2D eigenvalue weighted by Crippen LogP contribution is -2.36. The average Bonchev–Trinajstić information content (AvgIpc) is 3.84. The Bertz CT molecular complexity index is 2440. The number of rotatable bonds is 18. The number of hydrogen-bond donors (Lipinski definition) is 4. The number of fused-ring (bicyclic) bond motifs is 3. The number of benzene rings is 4. The fourth-order valence-electron chi connectivity index (χ4n) is 8.08. The van der Waals surface area contributed by atoms with E-state index in [1.807, 2.05) is 72.0 Å². The number of unbranched alkanes of at least 4 members (excludes halogenated alkanes) is 3. The number of carbonyl (C=O) groups excluding carboxylic acids is 3. The molecule has 0 saturated carbocycles. The fourth-order valence-corrected chi connectivity index (χ4v) is 9.63. The van der Waals surface area contributed by atoms with Crippen molar-refractivity contribution in [3.8, 4) is 28.2 Å². The van der Waals surface area contributed by atoms with Gasteiger partial charge in [-0.15, -0.1) is 0 Å². The number of carbonyl (C=O) groups is 3. The van der Waals surface area contributed by atoms with E-state index in [-0.39, 0.29) is 29.9 Å². The normalized spacial score (nSPS) is 16.4. The van der Waals surface area contributed by atoms with Crippen molar-refractivity contribution in [2.75, 3.05) is 72.3 Å². The highest BCUT2D eigenvalue weighted by Gasteiger charge is 2.42. The Morgan fingerprint density at radius 1 is 0.844 bits per heavy atom. The van der Waals surface area contributed by atoms with Gasteiger partial charge in [0.05, 0.1) is 24.8 Å². The van der Waals surface area contributed by atoms with Gasteiger partial charge in [0.15, 0.2) is 0 Å². The molecule has 3 unspecified atom stereocenters. The summed E-state index contributed by atoms with van der Waals surface area (Å²) in [4.78, 5) is 37.7. The van der Waals surface area contributed by atoms with Crippen molar-refractivity contribution in [2.45, 2.75) is 83.1 Å². The zero-order valence-electron chi connectivity index (χ0n) is 38.9. The lowest BCUT2D eigenvalue weighted by atomic mass is 9.93. The third-order valence-corrected chi connectivity index (χ3v) is 13.6. The smallest absolute Gasteiger partial charge is 0.315 e. The Morgan fingerprint density at radius 2 is 1.62 bits per heavy atom. The first kappa shape index (κ1) is 47.9. The highest BCUT2D eigenvalue weighted by molar-refractivity contribution is 8.00. The monoisotopic (exact) mass is 891 g/mol. The first-order chi connectivity index (χ1) is 30.8. The van der Waals surface area contributed by atoms with Gasteiger partial charge in [-0.2, -0.15) is 11.8 Å². The number of amides is 4. The minimum absolute atomic E-state index is 0.0282. The number of nitrogens with one attached hydrogen (secondary N) is 4. The van der Waals surface area contributed by atoms with Crippen molar-refractivity contribution < 1.29 is 28.3 Å². The molecule has 0 spiro atoms. The van der Waals surface area contributed by atoms with Gasteiger partial charge >= 0.3 is 6.03 Å². The maximum absolute atomic E-state index is 12.2. The van der Waals surface area contributed by atoms with Crippen LogP contribution in [-0.2, 0) is 9.53 Å². The van der Waals surface area contributed by atoms with E-state index in [1.165, 1.54) is 5.56 Å². The van der Waals surface area contributed by atoms with Crippen LogP contribution >= 0.6 is 11.8 Å². The zero-order chi connectivity index (χ0) is 45.8. The van der Waals surface area contributed by atoms with Crippen molar-refractivity contribution in [3.05, 3.63) is 100 Å². The van der Waals surface area contributed by atoms with E-state index in [2.05, 4.69) is 92.3 Å². The predicted octanol–water partition coefficient (Wildman–Crippen LogP) is 7.68. The van der Waals surface area contributed by atoms with Crippen LogP contribution in [0, 0.1) is 20.8 Å². The molecule has 342 valence electrons. The predicted molar refractivity (Wildman–Crippen MR) is 261 cm³/mol. The van der Waals surface area contributed by atoms with Crippen LogP contribution in [0.3, 0.4) is 0 Å². The van der Waals surface area contributed by atoms with Crippen LogP contribution in [0.5, 0.6) is 5.75 Å². The molecule has 4 amide bonds. The molecule has 3 aromatic carbocycles. The van der Waals surface area contributed by atoms with E-state index in [0.29, 0.717) is 43.5 Å². The van der Waals surface area contributed by atoms with Gasteiger partial charge in [0.1, 0.15) is 37.8 Å². The summed E-state index contributed by atoms with van der Waals surface area (Å²) in [7, 11) is 9.84. The maximum atomic E-state index is 12.2. The second kappa shape index (κ2) is 22.9. The Morgan fingerprint density at radius 3 is 2.38 bits per heavy atom. The summed E-state index contributed by atoms with van der Waals surface area (Å²) in [5.74, 6) is 2.79. The van der Waals surface area contributed by atoms with Crippen LogP contribution in [0.2, 0.25) is 0 Å². The van der Waals surface area contributed by atoms with Gasteiger partial charge in [-0.05, 0) is 112 Å². The standard InChI is InChI=1S/C27H31N2O3.C24H36N4O3S/c1-18-7-8-19(15-24(18)31-14-13-30-6)27-22-11-9-20(28(2)3)16-25(22)32-26-17-21(29(4)5)10-12-23(26)27;1-16-10-11-18(14-17(16)2)23(30)26-13-7-3-6-12-25-21(29)9-5-4-8-20-22-19(15-32-20)27-24(31)28-22/h7-12,15-17H,13-14H2,1-6H3;10-11,14,19-20,22H,3-9,12-13,15H2,1-2H3,(H,25,29)(H,26,30)(H2,27,28,31)/q+1;. The van der Waals surface area contributed by atoms with E-state index >= 15 is 0 Å². The summed E-state index contributed by atoms with van der Waals surface area (Å²) in [6, 6.07) is 25.4. The maximum Gasteiger partial charge on any atom is 0.315 e. The van der Waals surface area contributed by atoms with Gasteiger partial charge in [-0.3, -0.25) is 9.59 Å². The Hall–Kier alpha value is -5.53. The fraction of sp³-hybridized carbons (Fsp3) is 0.451. The molecule has 4 N–H and O–H groups in total. The number of thioether (sulfide) groups is 1. The van der Waals surface area contributed by atoms with Crippen LogP contribution in [0.4, 0.5) is 10.5 Å². The lowest BCUT2D eigenvalue weighted by molar-refractivity contribution is -0.121. The van der Waals surface area contributed by atoms with Gasteiger partial charge in [-0.1, -0.05) is 24.6 Å². The van der Waals surface area contributed by atoms with Crippen molar-refractivity contribution in [3.63, 3.8) is 0 Å². The number of ether oxygens (including phenoxy) is 2. The number of urea groups is 1. The summed E-state index contributed by atoms with van der Waals surface area (Å²) in [6.07, 6.45) is 6.26. The molecule has 0 bridgehead atoms. The minimum Gasteiger partial charge on any atom is -0.491 e. The molecule has 3 heterocycles. The van der Waals surface area contributed by atoms with Gasteiger partial charge in [-0.25, -0.2) is 9.37 Å². The molecule has 2 fully saturated rings. The second-order valence-corrected chi connectivity index (χ2v) is 18.6. The summed E-state index contributed by atoms with van der Waals surface area (Å²) in [5.41, 5.74) is 9.40. The SMILES string of the molecule is COCCOc1cc(-c2c3ccc(=[N+](C)C)cc-3oc3cc(N(C)C)ccc23)ccc1C.Cc1ccc(C(=O)NCCCCCNC(=O)CCCCC2SCC3NC(=O)NC32)cc1C. The highest BCUT2D eigenvalue weighted by Crippen LogP contribution is 2.42. The molecule has 12 nitrogen and oxygen atoms in total. The molecule has 3 aliphatic heterocycles. The Balaban J connectivity index is 0.000000213. The first-order valence-corrected chi connectivity index (χ1v) is 23.6. The van der Waals surface area contributed by atoms with E-state index in [1.54, 1.807) is 7.11 Å². The summed E-state index contributed by atoms with van der Waals surface area (Å²) >= 11 is 1.92. The quantitative estimate of drug-likeness (QED) is 0.0305. The minimum atomic E-state index is -0.0478. The lowest BCUT2D eigenvalue weighted by Gasteiger charge is -2.18. The van der Waals surface area contributed by atoms with Gasteiger partial charge in [0.25, 0.3) is 5.91 Å². The van der Waals surface area contributed by atoms with E-state index in [9.17, 15) is 14.4 Å². The van der Waals surface area contributed by atoms with Crippen LogP contribution in [0.15, 0.2) is 77.2 Å². The molecule has 4 aliphatic rings. The third-order valence-electron chi connectivity index (χ3n) is 12.1. The van der Waals surface area contributed by atoms with Crippen LogP contribution in [0.25, 0.3) is 33.4 Å². The van der Waals surface area contributed by atoms with Crippen LogP contribution in [0.1, 0.15) is 72.0 Å². The van der Waals surface area contributed by atoms with Crippen molar-refractivity contribution in [2.24, 2.45) is 0 Å². The first-order valence-electron chi connectivity index (χ1n) is 22.5. The Labute approximate surface area is 382 Å². The molecule has 0 aromatic heterocycles. The largest absolute Gasteiger partial charge is 0.491 e. The molecule has 3 atom stereocenters. The summed E-state index contributed by atoms with van der Waals surface area (Å²) in [5, 5.41) is 14.6. The third kappa shape index (κ3) is 12.6. The van der Waals surface area contributed by atoms with E-state index < -0.39 is 0 Å². The number of nitrogens with zero attached hydrogens (tertiary/aromatic N) is 2. The van der Waals surface area contributed by atoms with Gasteiger partial charge in [0, 0.05) is 91.6 Å². The van der Waals surface area contributed by atoms with Crippen LogP contribution in [-0.4, -0.2) is 103 Å². The number of hydrogen-bond acceptors (Lipinski definition) is 8. The molecule has 2 saturated heterocycles. The van der Waals surface area contributed by atoms with Crippen molar-refractivity contribution >= 4 is 46.3 Å². The summed E-state index contributed by atoms with van der Waals surface area (Å²) in [6.45, 7) is 8.52. The molecule has 0 radical (unpaired) electrons. The topological polar surface area (TPSA) is 137 Å². The number of anilines is 1. The highest BCUT2D eigenvalue weighted by atomic mass is 32.2. The zero-order valence-corrected chi connectivity index (χ0v) is 39.7. The van der Waals surface area contributed by atoms with E-state index in [0.717, 1.165) is 106 Å². The molecule has 64 heavy (non-hydrogen) atoms. The van der Waals surface area contributed by atoms with Gasteiger partial charge < -0.3 is 40.1 Å². The number of aryl methyl sites for hydroxylation is 3. The van der Waals surface area contributed by atoms with Crippen molar-refractivity contribution in [1.82, 2.24) is 25.8 Å². The molecular formula is C51H67N6O6S+.